The number of carbonyl (C=O) groups excluding carboxylic acids is 1. The molecule has 7 nitrogen and oxygen atoms in total. The lowest BCUT2D eigenvalue weighted by molar-refractivity contribution is -0.123. The molecule has 0 atom stereocenters. The lowest BCUT2D eigenvalue weighted by Gasteiger charge is -2.09. The summed E-state index contributed by atoms with van der Waals surface area (Å²) in [4.78, 5) is 15.9. The van der Waals surface area contributed by atoms with Crippen LogP contribution in [0.3, 0.4) is 0 Å². The van der Waals surface area contributed by atoms with E-state index in [9.17, 15) is 4.79 Å². The highest BCUT2D eigenvalue weighted by molar-refractivity contribution is 5.77. The Hall–Kier alpha value is -3.35. The van der Waals surface area contributed by atoms with E-state index < -0.39 is 0 Å². The van der Waals surface area contributed by atoms with Gasteiger partial charge in [-0.1, -0.05) is 31.2 Å². The lowest BCUT2D eigenvalue weighted by Crippen LogP contribution is -2.28. The number of nitrogens with one attached hydrogen (secondary N) is 1. The molecule has 0 saturated heterocycles. The second kappa shape index (κ2) is 10.1. The zero-order valence-electron chi connectivity index (χ0n) is 15.9. The summed E-state index contributed by atoms with van der Waals surface area (Å²) in [5, 5.41) is 6.94. The first-order valence-corrected chi connectivity index (χ1v) is 9.25. The summed E-state index contributed by atoms with van der Waals surface area (Å²) in [7, 11) is 0. The van der Waals surface area contributed by atoms with Crippen molar-refractivity contribution in [2.75, 3.05) is 13.2 Å². The smallest absolute Gasteiger partial charge is 0.258 e. The Morgan fingerprint density at radius 1 is 1.00 bits per heavy atom. The Balaban J connectivity index is 1.39. The second-order valence-electron chi connectivity index (χ2n) is 6.29. The van der Waals surface area contributed by atoms with E-state index in [4.69, 9.17) is 9.47 Å². The highest BCUT2D eigenvalue weighted by atomic mass is 16.5. The molecular formula is C21H24N4O3. The molecule has 0 radical (unpaired) electrons. The predicted molar refractivity (Wildman–Crippen MR) is 105 cm³/mol. The number of ether oxygens (including phenoxy) is 2. The minimum atomic E-state index is -0.169. The van der Waals surface area contributed by atoms with Crippen LogP contribution in [-0.2, 0) is 17.9 Å². The summed E-state index contributed by atoms with van der Waals surface area (Å²) < 4.78 is 12.8. The maximum Gasteiger partial charge on any atom is 0.258 e. The first kappa shape index (κ1) is 19.4. The standard InChI is InChI=1S/C21H24N4O3/c1-2-11-27-19-7-9-20(10-8-19)28-14-21(26)23-12-17-3-5-18(6-4-17)13-25-16-22-15-24-25/h3-10,15-16H,2,11-14H2,1H3,(H,23,26). The molecule has 1 heterocycles. The Kier molecular flexibility index (Phi) is 7.01. The first-order chi connectivity index (χ1) is 13.7. The summed E-state index contributed by atoms with van der Waals surface area (Å²) >= 11 is 0. The third kappa shape index (κ3) is 6.12. The van der Waals surface area contributed by atoms with Crippen LogP contribution in [0.4, 0.5) is 0 Å². The van der Waals surface area contributed by atoms with Gasteiger partial charge in [0.05, 0.1) is 13.2 Å². The van der Waals surface area contributed by atoms with Crippen LogP contribution in [0.15, 0.2) is 61.2 Å². The van der Waals surface area contributed by atoms with Crippen molar-refractivity contribution in [3.63, 3.8) is 0 Å². The molecule has 0 aliphatic rings. The van der Waals surface area contributed by atoms with Gasteiger partial charge in [0.1, 0.15) is 24.2 Å². The van der Waals surface area contributed by atoms with E-state index in [0.717, 1.165) is 23.3 Å². The van der Waals surface area contributed by atoms with Gasteiger partial charge in [-0.15, -0.1) is 0 Å². The summed E-state index contributed by atoms with van der Waals surface area (Å²) in [6.45, 7) is 3.84. The third-order valence-electron chi connectivity index (χ3n) is 3.99. The normalized spacial score (nSPS) is 10.5. The molecule has 7 heteroatoms. The average Bonchev–Trinajstić information content (AvgIpc) is 3.24. The molecule has 0 aliphatic carbocycles. The number of hydrogen-bond acceptors (Lipinski definition) is 5. The summed E-state index contributed by atoms with van der Waals surface area (Å²) in [5.74, 6) is 1.26. The van der Waals surface area contributed by atoms with E-state index in [0.29, 0.717) is 25.4 Å². The van der Waals surface area contributed by atoms with E-state index in [-0.39, 0.29) is 12.5 Å². The van der Waals surface area contributed by atoms with Gasteiger partial charge in [0, 0.05) is 6.54 Å². The lowest BCUT2D eigenvalue weighted by atomic mass is 10.1. The van der Waals surface area contributed by atoms with Gasteiger partial charge < -0.3 is 14.8 Å². The van der Waals surface area contributed by atoms with Gasteiger partial charge in [-0.25, -0.2) is 9.67 Å². The van der Waals surface area contributed by atoms with Crippen molar-refractivity contribution in [2.45, 2.75) is 26.4 Å². The number of rotatable bonds is 10. The molecule has 0 spiro atoms. The summed E-state index contributed by atoms with van der Waals surface area (Å²) in [6.07, 6.45) is 4.16. The van der Waals surface area contributed by atoms with Gasteiger partial charge in [-0.2, -0.15) is 5.10 Å². The fourth-order valence-electron chi connectivity index (χ4n) is 2.52. The Morgan fingerprint density at radius 2 is 1.68 bits per heavy atom. The molecule has 146 valence electrons. The average molecular weight is 380 g/mol. The van der Waals surface area contributed by atoms with Gasteiger partial charge in [0.25, 0.3) is 5.91 Å². The van der Waals surface area contributed by atoms with E-state index in [1.54, 1.807) is 23.1 Å². The van der Waals surface area contributed by atoms with Crippen LogP contribution in [0, 0.1) is 0 Å². The van der Waals surface area contributed by atoms with Crippen LogP contribution in [0.5, 0.6) is 11.5 Å². The molecular weight excluding hydrogens is 356 g/mol. The van der Waals surface area contributed by atoms with Crippen molar-refractivity contribution in [2.24, 2.45) is 0 Å². The molecule has 0 saturated carbocycles. The number of hydrogen-bond donors (Lipinski definition) is 1. The minimum absolute atomic E-state index is 0.0282. The van der Waals surface area contributed by atoms with Crippen LogP contribution < -0.4 is 14.8 Å². The van der Waals surface area contributed by atoms with Crippen LogP contribution in [0.2, 0.25) is 0 Å². The maximum atomic E-state index is 12.0. The predicted octanol–water partition coefficient (Wildman–Crippen LogP) is 2.81. The van der Waals surface area contributed by atoms with E-state index in [2.05, 4.69) is 22.3 Å². The number of carbonyl (C=O) groups is 1. The molecule has 3 aromatic rings. The van der Waals surface area contributed by atoms with E-state index in [1.807, 2.05) is 36.4 Å². The molecule has 3 rings (SSSR count). The van der Waals surface area contributed by atoms with Gasteiger partial charge in [0.15, 0.2) is 6.61 Å². The van der Waals surface area contributed by atoms with Crippen LogP contribution in [0.25, 0.3) is 0 Å². The minimum Gasteiger partial charge on any atom is -0.494 e. The van der Waals surface area contributed by atoms with Crippen LogP contribution in [0.1, 0.15) is 24.5 Å². The Labute approximate surface area is 164 Å². The SMILES string of the molecule is CCCOc1ccc(OCC(=O)NCc2ccc(Cn3cncn3)cc2)cc1. The van der Waals surface area contributed by atoms with Gasteiger partial charge in [-0.3, -0.25) is 4.79 Å². The van der Waals surface area contributed by atoms with Crippen molar-refractivity contribution < 1.29 is 14.3 Å². The molecule has 28 heavy (non-hydrogen) atoms. The molecule has 1 aromatic heterocycles. The first-order valence-electron chi connectivity index (χ1n) is 9.25. The van der Waals surface area contributed by atoms with E-state index in [1.165, 1.54) is 6.33 Å². The van der Waals surface area contributed by atoms with Crippen molar-refractivity contribution >= 4 is 5.91 Å². The quantitative estimate of drug-likeness (QED) is 0.585. The second-order valence-corrected chi connectivity index (χ2v) is 6.29. The van der Waals surface area contributed by atoms with Crippen molar-refractivity contribution in [1.82, 2.24) is 20.1 Å². The molecule has 0 unspecified atom stereocenters. The number of amides is 1. The number of aromatic nitrogens is 3. The van der Waals surface area contributed by atoms with Crippen molar-refractivity contribution in [1.29, 1.82) is 0 Å². The van der Waals surface area contributed by atoms with E-state index >= 15 is 0 Å². The van der Waals surface area contributed by atoms with Crippen LogP contribution in [-0.4, -0.2) is 33.9 Å². The zero-order valence-corrected chi connectivity index (χ0v) is 15.9. The monoisotopic (exact) mass is 380 g/mol. The zero-order chi connectivity index (χ0) is 19.6. The van der Waals surface area contributed by atoms with Gasteiger partial charge >= 0.3 is 0 Å². The fraction of sp³-hybridized carbons (Fsp3) is 0.286. The number of benzene rings is 2. The Bertz CT molecular complexity index is 846. The maximum absolute atomic E-state index is 12.0. The highest BCUT2D eigenvalue weighted by Crippen LogP contribution is 2.17. The number of nitrogens with zero attached hydrogens (tertiary/aromatic N) is 3. The largest absolute Gasteiger partial charge is 0.494 e. The van der Waals surface area contributed by atoms with Crippen molar-refractivity contribution in [3.05, 3.63) is 72.3 Å². The molecule has 1 amide bonds. The summed E-state index contributed by atoms with van der Waals surface area (Å²) in [5.41, 5.74) is 2.14. The summed E-state index contributed by atoms with van der Waals surface area (Å²) in [6, 6.07) is 15.3. The Morgan fingerprint density at radius 3 is 2.32 bits per heavy atom. The molecule has 0 bridgehead atoms. The topological polar surface area (TPSA) is 78.3 Å². The third-order valence-corrected chi connectivity index (χ3v) is 3.99. The fourth-order valence-corrected chi connectivity index (χ4v) is 2.52. The molecule has 2 aromatic carbocycles. The van der Waals surface area contributed by atoms with Gasteiger partial charge in [0.2, 0.25) is 0 Å². The molecule has 1 N–H and O–H groups in total. The molecule has 0 aliphatic heterocycles. The highest BCUT2D eigenvalue weighted by Gasteiger charge is 2.04. The van der Waals surface area contributed by atoms with Crippen molar-refractivity contribution in [3.8, 4) is 11.5 Å². The van der Waals surface area contributed by atoms with Crippen LogP contribution >= 0.6 is 0 Å². The molecule has 0 fully saturated rings. The van der Waals surface area contributed by atoms with Gasteiger partial charge in [-0.05, 0) is 41.8 Å².